The van der Waals surface area contributed by atoms with Crippen molar-refractivity contribution in [1.82, 2.24) is 20.4 Å². The molecule has 1 heterocycles. The van der Waals surface area contributed by atoms with Gasteiger partial charge in [-0.1, -0.05) is 48.2 Å². The molecule has 6 nitrogen and oxygen atoms in total. The number of nitrogens with zero attached hydrogens (tertiary/aromatic N) is 2. The first kappa shape index (κ1) is 32.4. The first-order chi connectivity index (χ1) is 20.2. The van der Waals surface area contributed by atoms with Gasteiger partial charge >= 0.3 is 0 Å². The summed E-state index contributed by atoms with van der Waals surface area (Å²) in [5, 5.41) is 11.6. The van der Waals surface area contributed by atoms with Crippen molar-refractivity contribution in [2.45, 2.75) is 19.8 Å². The third-order valence-corrected chi connectivity index (χ3v) is 7.62. The summed E-state index contributed by atoms with van der Waals surface area (Å²) in [5.41, 5.74) is 10.6. The van der Waals surface area contributed by atoms with Gasteiger partial charge in [-0.3, -0.25) is 9.89 Å². The second-order valence-electron chi connectivity index (χ2n) is 10.7. The SMILES string of the molecule is B/C(C#C)=C(B)/C(B)=C(/B)C/C(CC)=C(\c1ccc(OCCNC/C=C/C(=O)N(C)C)cc1)c1ccc2[nH]ncc2c1. The van der Waals surface area contributed by atoms with Gasteiger partial charge < -0.3 is 15.0 Å². The summed E-state index contributed by atoms with van der Waals surface area (Å²) in [6.45, 7) is 4.04. The monoisotopic (exact) mass is 556 g/mol. The summed E-state index contributed by atoms with van der Waals surface area (Å²) in [7, 11) is 11.9. The van der Waals surface area contributed by atoms with Crippen LogP contribution in [-0.4, -0.2) is 86.2 Å². The number of benzene rings is 2. The van der Waals surface area contributed by atoms with E-state index in [2.05, 4.69) is 82.2 Å². The lowest BCUT2D eigenvalue weighted by atomic mass is 9.65. The average Bonchev–Trinajstić information content (AvgIpc) is 3.47. The van der Waals surface area contributed by atoms with Crippen molar-refractivity contribution in [1.29, 1.82) is 0 Å². The molecule has 3 rings (SSSR count). The van der Waals surface area contributed by atoms with Gasteiger partial charge in [-0.2, -0.15) is 5.10 Å². The van der Waals surface area contributed by atoms with Crippen LogP contribution in [-0.2, 0) is 4.79 Å². The Morgan fingerprint density at radius 3 is 2.48 bits per heavy atom. The average molecular weight is 556 g/mol. The molecule has 2 aromatic carbocycles. The molecule has 0 saturated heterocycles. The van der Waals surface area contributed by atoms with Crippen LogP contribution < -0.4 is 10.1 Å². The smallest absolute Gasteiger partial charge is 0.245 e. The molecular formula is C32H40B4N4O2. The summed E-state index contributed by atoms with van der Waals surface area (Å²) in [4.78, 5) is 13.1. The van der Waals surface area contributed by atoms with Gasteiger partial charge in [0.05, 0.1) is 11.7 Å². The number of terminal acetylenes is 1. The number of rotatable bonds is 13. The van der Waals surface area contributed by atoms with Crippen LogP contribution in [0.3, 0.4) is 0 Å². The molecule has 0 aliphatic heterocycles. The lowest BCUT2D eigenvalue weighted by molar-refractivity contribution is -0.123. The number of nitrogens with one attached hydrogen (secondary N) is 2. The van der Waals surface area contributed by atoms with Crippen molar-refractivity contribution in [3.05, 3.63) is 99.4 Å². The Hall–Kier alpha value is -4.08. The highest BCUT2D eigenvalue weighted by Crippen LogP contribution is 2.34. The minimum atomic E-state index is -0.0234. The van der Waals surface area contributed by atoms with Crippen molar-refractivity contribution >= 4 is 53.8 Å². The Bertz CT molecular complexity index is 1560. The summed E-state index contributed by atoms with van der Waals surface area (Å²) in [5.74, 6) is 3.58. The molecule has 10 heteroatoms. The van der Waals surface area contributed by atoms with E-state index in [0.717, 1.165) is 46.1 Å². The predicted octanol–water partition coefficient (Wildman–Crippen LogP) is 1.37. The maximum absolute atomic E-state index is 11.6. The summed E-state index contributed by atoms with van der Waals surface area (Å²) in [6.07, 6.45) is 12.7. The molecule has 0 unspecified atom stereocenters. The van der Waals surface area contributed by atoms with Gasteiger partial charge in [0.2, 0.25) is 5.91 Å². The molecule has 212 valence electrons. The maximum Gasteiger partial charge on any atom is 0.245 e. The van der Waals surface area contributed by atoms with Crippen LogP contribution in [0.5, 0.6) is 5.75 Å². The third-order valence-electron chi connectivity index (χ3n) is 7.62. The number of ether oxygens (including phenoxy) is 1. The van der Waals surface area contributed by atoms with Gasteiger partial charge in [-0.15, -0.1) is 17.4 Å². The van der Waals surface area contributed by atoms with Crippen molar-refractivity contribution in [2.24, 2.45) is 0 Å². The van der Waals surface area contributed by atoms with E-state index >= 15 is 0 Å². The van der Waals surface area contributed by atoms with Crippen molar-refractivity contribution in [3.63, 3.8) is 0 Å². The third kappa shape index (κ3) is 8.71. The molecule has 2 N–H and O–H groups in total. The van der Waals surface area contributed by atoms with Crippen LogP contribution in [0.1, 0.15) is 30.9 Å². The lowest BCUT2D eigenvalue weighted by Gasteiger charge is -2.19. The Labute approximate surface area is 254 Å². The molecule has 0 saturated carbocycles. The summed E-state index contributed by atoms with van der Waals surface area (Å²) < 4.78 is 5.98. The van der Waals surface area contributed by atoms with E-state index in [1.807, 2.05) is 32.3 Å². The molecule has 0 bridgehead atoms. The van der Waals surface area contributed by atoms with Gasteiger partial charge in [0, 0.05) is 38.6 Å². The van der Waals surface area contributed by atoms with Gasteiger partial charge in [0.15, 0.2) is 0 Å². The van der Waals surface area contributed by atoms with E-state index in [1.165, 1.54) is 27.6 Å². The zero-order valence-corrected chi connectivity index (χ0v) is 26.1. The van der Waals surface area contributed by atoms with E-state index in [0.29, 0.717) is 19.7 Å². The van der Waals surface area contributed by atoms with E-state index in [1.54, 1.807) is 25.1 Å². The molecule has 42 heavy (non-hydrogen) atoms. The standard InChI is InChI=1S/C32H40B4N4O2/c1-5-21(19-27(34)32(36)31(35)26(33)6-2)30(23-11-14-28-24(18-23)20-38-39-28)22-9-12-25(13-10-22)42-17-16-37-15-7-8-29(41)40(3)4/h2,7-14,18,20,37H,5,15-17,19,33-36H2,1,3-4H3,(H,38,39)/b8-7+,30-21+,31-26-,32-27-. The highest BCUT2D eigenvalue weighted by Gasteiger charge is 2.14. The number of allylic oxidation sites excluding steroid dienone is 5. The fraction of sp³-hybridized carbons (Fsp3) is 0.250. The Kier molecular flexibility index (Phi) is 12.2. The number of amides is 1. The normalized spacial score (nSPS) is 13.3. The fourth-order valence-corrected chi connectivity index (χ4v) is 4.68. The van der Waals surface area contributed by atoms with Crippen LogP contribution >= 0.6 is 0 Å². The number of hydrogen-bond donors (Lipinski definition) is 2. The van der Waals surface area contributed by atoms with Crippen LogP contribution in [0.4, 0.5) is 0 Å². The van der Waals surface area contributed by atoms with E-state index in [9.17, 15) is 4.79 Å². The van der Waals surface area contributed by atoms with E-state index in [4.69, 9.17) is 11.2 Å². The second-order valence-corrected chi connectivity index (χ2v) is 10.7. The van der Waals surface area contributed by atoms with Crippen LogP contribution in [0.2, 0.25) is 0 Å². The summed E-state index contributed by atoms with van der Waals surface area (Å²) >= 11 is 0. The number of H-pyrrole nitrogens is 1. The molecule has 1 aromatic heterocycles. The lowest BCUT2D eigenvalue weighted by Crippen LogP contribution is -2.22. The number of hydrogen-bond acceptors (Lipinski definition) is 4. The van der Waals surface area contributed by atoms with Gasteiger partial charge in [-0.25, -0.2) is 0 Å². The molecule has 0 fully saturated rings. The van der Waals surface area contributed by atoms with Gasteiger partial charge in [0.25, 0.3) is 0 Å². The minimum absolute atomic E-state index is 0.0234. The highest BCUT2D eigenvalue weighted by atomic mass is 16.5. The quantitative estimate of drug-likeness (QED) is 0.110. The highest BCUT2D eigenvalue weighted by molar-refractivity contribution is 6.44. The van der Waals surface area contributed by atoms with Gasteiger partial charge in [-0.05, 0) is 59.3 Å². The summed E-state index contributed by atoms with van der Waals surface area (Å²) in [6, 6.07) is 14.8. The van der Waals surface area contributed by atoms with Crippen molar-refractivity contribution in [3.8, 4) is 18.1 Å². The van der Waals surface area contributed by atoms with Crippen molar-refractivity contribution < 1.29 is 9.53 Å². The number of fused-ring (bicyclic) bond motifs is 1. The number of aromatic amines is 1. The molecule has 0 spiro atoms. The molecule has 0 radical (unpaired) electrons. The topological polar surface area (TPSA) is 70.2 Å². The largest absolute Gasteiger partial charge is 0.492 e. The maximum atomic E-state index is 11.6. The molecule has 0 atom stereocenters. The Morgan fingerprint density at radius 1 is 1.10 bits per heavy atom. The predicted molar refractivity (Wildman–Crippen MR) is 187 cm³/mol. The van der Waals surface area contributed by atoms with Crippen LogP contribution in [0, 0.1) is 12.3 Å². The van der Waals surface area contributed by atoms with Crippen LogP contribution in [0.25, 0.3) is 16.5 Å². The first-order valence-electron chi connectivity index (χ1n) is 14.4. The van der Waals surface area contributed by atoms with Crippen molar-refractivity contribution in [2.75, 3.05) is 33.8 Å². The molecule has 0 aliphatic rings. The van der Waals surface area contributed by atoms with Crippen LogP contribution in [0.15, 0.2) is 88.3 Å². The zero-order valence-electron chi connectivity index (χ0n) is 26.1. The Balaban J connectivity index is 1.85. The number of likely N-dealkylation sites (N-methyl/N-ethyl adjacent to an activating group) is 1. The molecule has 3 aromatic rings. The second kappa shape index (κ2) is 15.8. The Morgan fingerprint density at radius 2 is 1.81 bits per heavy atom. The zero-order chi connectivity index (χ0) is 30.6. The first-order valence-corrected chi connectivity index (χ1v) is 14.4. The molecular weight excluding hydrogens is 516 g/mol. The number of carbonyl (C=O) groups is 1. The minimum Gasteiger partial charge on any atom is -0.492 e. The van der Waals surface area contributed by atoms with E-state index < -0.39 is 0 Å². The number of aromatic nitrogens is 2. The number of carbonyl (C=O) groups excluding carboxylic acids is 1. The molecule has 0 aliphatic carbocycles. The van der Waals surface area contributed by atoms with Gasteiger partial charge in [0.1, 0.15) is 43.7 Å². The van der Waals surface area contributed by atoms with E-state index in [-0.39, 0.29) is 5.91 Å². The molecule has 1 amide bonds. The fourth-order valence-electron chi connectivity index (χ4n) is 4.68.